The van der Waals surface area contributed by atoms with E-state index < -0.39 is 17.8 Å². The normalized spacial score (nSPS) is 12.4. The van der Waals surface area contributed by atoms with Gasteiger partial charge in [-0.05, 0) is 42.3 Å². The highest BCUT2D eigenvalue weighted by molar-refractivity contribution is 7.97. The standard InChI is InChI=1S/C18H12FN5O2S/c19-14-5-11(7-20)1-3-13(14)9-22-17(25)10-24-18(26)23-15-4-2-12(8-21)6-16(15)27-24/h1-6H,9-10H2,(H,22,25)(H,23,26). The number of halogens is 1. The van der Waals surface area contributed by atoms with Crippen LogP contribution in [0.2, 0.25) is 0 Å². The van der Waals surface area contributed by atoms with Crippen LogP contribution in [0.25, 0.3) is 0 Å². The van der Waals surface area contributed by atoms with E-state index in [-0.39, 0.29) is 24.2 Å². The number of nitrogens with zero attached hydrogens (tertiary/aromatic N) is 3. The first-order valence-corrected chi connectivity index (χ1v) is 8.53. The summed E-state index contributed by atoms with van der Waals surface area (Å²) in [5.41, 5.74) is 1.44. The first-order chi connectivity index (χ1) is 13.0. The van der Waals surface area contributed by atoms with E-state index in [0.717, 1.165) is 18.0 Å². The highest BCUT2D eigenvalue weighted by Crippen LogP contribution is 2.35. The number of rotatable bonds is 4. The topological polar surface area (TPSA) is 109 Å². The molecule has 0 saturated heterocycles. The number of carbonyl (C=O) groups excluding carboxylic acids is 2. The second kappa shape index (κ2) is 7.77. The van der Waals surface area contributed by atoms with E-state index >= 15 is 0 Å². The van der Waals surface area contributed by atoms with Crippen molar-refractivity contribution in [2.75, 3.05) is 11.9 Å². The van der Waals surface area contributed by atoms with Gasteiger partial charge in [0.2, 0.25) is 5.91 Å². The van der Waals surface area contributed by atoms with Crippen LogP contribution >= 0.6 is 11.9 Å². The number of hydrogen-bond donors (Lipinski definition) is 2. The molecule has 0 radical (unpaired) electrons. The van der Waals surface area contributed by atoms with E-state index in [1.807, 2.05) is 12.1 Å². The summed E-state index contributed by atoms with van der Waals surface area (Å²) in [5.74, 6) is -1.06. The number of carbonyl (C=O) groups is 2. The fourth-order valence-corrected chi connectivity index (χ4v) is 3.30. The molecule has 2 N–H and O–H groups in total. The average molecular weight is 381 g/mol. The van der Waals surface area contributed by atoms with E-state index in [2.05, 4.69) is 10.6 Å². The molecule has 3 amide bonds. The first kappa shape index (κ1) is 18.2. The zero-order valence-electron chi connectivity index (χ0n) is 13.8. The van der Waals surface area contributed by atoms with Crippen molar-refractivity contribution in [3.8, 4) is 12.1 Å². The quantitative estimate of drug-likeness (QED) is 0.792. The molecule has 0 bridgehead atoms. The maximum Gasteiger partial charge on any atom is 0.332 e. The first-order valence-electron chi connectivity index (χ1n) is 7.76. The van der Waals surface area contributed by atoms with Crippen LogP contribution in [0.4, 0.5) is 14.9 Å². The monoisotopic (exact) mass is 381 g/mol. The summed E-state index contributed by atoms with van der Waals surface area (Å²) in [7, 11) is 0. The van der Waals surface area contributed by atoms with Crippen molar-refractivity contribution in [1.82, 2.24) is 9.62 Å². The molecule has 27 heavy (non-hydrogen) atoms. The third-order valence-corrected chi connectivity index (χ3v) is 4.78. The van der Waals surface area contributed by atoms with Gasteiger partial charge in [0, 0.05) is 12.1 Å². The molecule has 2 aromatic rings. The third-order valence-electron chi connectivity index (χ3n) is 3.73. The Hall–Kier alpha value is -3.56. The van der Waals surface area contributed by atoms with Crippen LogP contribution in [0.3, 0.4) is 0 Å². The van der Waals surface area contributed by atoms with Gasteiger partial charge in [0.15, 0.2) is 0 Å². The molecule has 3 rings (SSSR count). The molecule has 0 aliphatic carbocycles. The summed E-state index contributed by atoms with van der Waals surface area (Å²) >= 11 is 1.05. The highest BCUT2D eigenvalue weighted by atomic mass is 32.2. The molecule has 1 heterocycles. The Morgan fingerprint density at radius 1 is 1.19 bits per heavy atom. The van der Waals surface area contributed by atoms with E-state index in [9.17, 15) is 14.0 Å². The van der Waals surface area contributed by atoms with Crippen LogP contribution in [0.15, 0.2) is 41.3 Å². The number of fused-ring (bicyclic) bond motifs is 1. The smallest absolute Gasteiger partial charge is 0.332 e. The third kappa shape index (κ3) is 4.17. The molecule has 9 heteroatoms. The summed E-state index contributed by atoms with van der Waals surface area (Å²) in [5, 5.41) is 22.9. The number of urea groups is 1. The molecule has 7 nitrogen and oxygen atoms in total. The van der Waals surface area contributed by atoms with E-state index in [1.165, 1.54) is 16.4 Å². The van der Waals surface area contributed by atoms with Gasteiger partial charge in [-0.25, -0.2) is 9.18 Å². The maximum absolute atomic E-state index is 13.8. The maximum atomic E-state index is 13.8. The number of hydrogen-bond acceptors (Lipinski definition) is 5. The lowest BCUT2D eigenvalue weighted by Gasteiger charge is -2.27. The van der Waals surface area contributed by atoms with Gasteiger partial charge in [-0.3, -0.25) is 9.10 Å². The number of amides is 3. The minimum atomic E-state index is -0.586. The molecule has 0 spiro atoms. The van der Waals surface area contributed by atoms with Crippen molar-refractivity contribution >= 4 is 29.6 Å². The van der Waals surface area contributed by atoms with Crippen LogP contribution in [0, 0.1) is 28.5 Å². The highest BCUT2D eigenvalue weighted by Gasteiger charge is 2.26. The van der Waals surface area contributed by atoms with Crippen molar-refractivity contribution < 1.29 is 14.0 Å². The second-order valence-corrected chi connectivity index (χ2v) is 6.64. The Bertz CT molecular complexity index is 1010. The Balaban J connectivity index is 1.62. The number of benzene rings is 2. The molecule has 0 atom stereocenters. The lowest BCUT2D eigenvalue weighted by Crippen LogP contribution is -2.40. The summed E-state index contributed by atoms with van der Waals surface area (Å²) in [6.07, 6.45) is 0. The molecule has 1 aliphatic rings. The van der Waals surface area contributed by atoms with Crippen molar-refractivity contribution in [2.24, 2.45) is 0 Å². The fourth-order valence-electron chi connectivity index (χ4n) is 2.35. The van der Waals surface area contributed by atoms with Gasteiger partial charge in [-0.1, -0.05) is 6.07 Å². The van der Waals surface area contributed by atoms with E-state index in [0.29, 0.717) is 16.1 Å². The summed E-state index contributed by atoms with van der Waals surface area (Å²) in [4.78, 5) is 24.9. The SMILES string of the molecule is N#Cc1ccc(CNC(=O)CN2Sc3cc(C#N)ccc3NC2=O)c(F)c1. The molecule has 134 valence electrons. The summed E-state index contributed by atoms with van der Waals surface area (Å²) in [6.45, 7) is -0.309. The second-order valence-electron chi connectivity index (χ2n) is 5.58. The Morgan fingerprint density at radius 3 is 2.59 bits per heavy atom. The van der Waals surface area contributed by atoms with Gasteiger partial charge in [-0.2, -0.15) is 10.5 Å². The Morgan fingerprint density at radius 2 is 1.89 bits per heavy atom. The Kier molecular flexibility index (Phi) is 5.25. The van der Waals surface area contributed by atoms with Crippen molar-refractivity contribution in [1.29, 1.82) is 10.5 Å². The predicted molar refractivity (Wildman–Crippen MR) is 95.7 cm³/mol. The summed E-state index contributed by atoms with van der Waals surface area (Å²) < 4.78 is 15.1. The van der Waals surface area contributed by atoms with Gasteiger partial charge >= 0.3 is 6.03 Å². The van der Waals surface area contributed by atoms with Crippen molar-refractivity contribution in [2.45, 2.75) is 11.4 Å². The lowest BCUT2D eigenvalue weighted by atomic mass is 10.1. The van der Waals surface area contributed by atoms with Gasteiger partial charge < -0.3 is 10.6 Å². The average Bonchev–Trinajstić information content (AvgIpc) is 2.67. The fraction of sp³-hybridized carbons (Fsp3) is 0.111. The van der Waals surface area contributed by atoms with Gasteiger partial charge in [0.25, 0.3) is 0 Å². The van der Waals surface area contributed by atoms with E-state index in [1.54, 1.807) is 18.2 Å². The zero-order valence-corrected chi connectivity index (χ0v) is 14.6. The van der Waals surface area contributed by atoms with Gasteiger partial charge in [-0.15, -0.1) is 0 Å². The lowest BCUT2D eigenvalue weighted by molar-refractivity contribution is -0.121. The Labute approximate surface area is 158 Å². The largest absolute Gasteiger partial charge is 0.350 e. The number of nitrogens with one attached hydrogen (secondary N) is 2. The van der Waals surface area contributed by atoms with Gasteiger partial charge in [0.1, 0.15) is 12.4 Å². The minimum absolute atomic E-state index is 0.0638. The molecular formula is C18H12FN5O2S. The molecule has 0 unspecified atom stereocenters. The molecule has 0 aromatic heterocycles. The number of anilines is 1. The molecule has 2 aromatic carbocycles. The minimum Gasteiger partial charge on any atom is -0.350 e. The zero-order chi connectivity index (χ0) is 19.4. The van der Waals surface area contributed by atoms with Crippen LogP contribution in [0.5, 0.6) is 0 Å². The molecular weight excluding hydrogens is 369 g/mol. The van der Waals surface area contributed by atoms with Crippen LogP contribution < -0.4 is 10.6 Å². The molecule has 1 aliphatic heterocycles. The van der Waals surface area contributed by atoms with Crippen molar-refractivity contribution in [3.05, 3.63) is 58.9 Å². The predicted octanol–water partition coefficient (Wildman–Crippen LogP) is 2.74. The van der Waals surface area contributed by atoms with Gasteiger partial charge in [0.05, 0.1) is 33.8 Å². The van der Waals surface area contributed by atoms with Crippen LogP contribution in [-0.2, 0) is 11.3 Å². The van der Waals surface area contributed by atoms with Crippen LogP contribution in [0.1, 0.15) is 16.7 Å². The summed E-state index contributed by atoms with van der Waals surface area (Å²) in [6, 6.07) is 12.2. The molecule has 0 saturated carbocycles. The van der Waals surface area contributed by atoms with Crippen molar-refractivity contribution in [3.63, 3.8) is 0 Å². The number of nitriles is 2. The van der Waals surface area contributed by atoms with Crippen LogP contribution in [-0.4, -0.2) is 22.8 Å². The van der Waals surface area contributed by atoms with E-state index in [4.69, 9.17) is 10.5 Å². The molecule has 0 fully saturated rings.